The van der Waals surface area contributed by atoms with Crippen LogP contribution < -0.4 is 0 Å². The van der Waals surface area contributed by atoms with Crippen LogP contribution in [0, 0.1) is 5.92 Å². The Morgan fingerprint density at radius 1 is 0.880 bits per heavy atom. The van der Waals surface area contributed by atoms with Gasteiger partial charge in [0.05, 0.1) is 12.1 Å². The summed E-state index contributed by atoms with van der Waals surface area (Å²) in [4.78, 5) is 33.7. The number of hydrogen-bond donors (Lipinski definition) is 0. The minimum atomic E-state index is -0.188. The quantitative estimate of drug-likeness (QED) is 0.692. The molecule has 4 saturated heterocycles. The highest BCUT2D eigenvalue weighted by atomic mass is 16.5. The average Bonchev–Trinajstić information content (AvgIpc) is 2.94. The van der Waals surface area contributed by atoms with E-state index >= 15 is 0 Å². The molecule has 1 aliphatic carbocycles. The highest BCUT2D eigenvalue weighted by molar-refractivity contribution is 5.77. The van der Waals surface area contributed by atoms with Crippen molar-refractivity contribution in [3.63, 3.8) is 0 Å². The van der Waals surface area contributed by atoms with Crippen LogP contribution in [0.5, 0.6) is 0 Å². The van der Waals surface area contributed by atoms with Crippen molar-refractivity contribution in [3.05, 3.63) is 0 Å². The van der Waals surface area contributed by atoms with E-state index in [1.807, 2.05) is 9.80 Å². The van der Waals surface area contributed by atoms with Gasteiger partial charge in [-0.15, -0.1) is 0 Å². The van der Waals surface area contributed by atoms with Crippen LogP contribution in [0.3, 0.4) is 0 Å². The average molecular weight is 352 g/mol. The first-order valence-corrected chi connectivity index (χ1v) is 9.01. The van der Waals surface area contributed by atoms with Gasteiger partial charge < -0.3 is 19.3 Å². The standard InChI is InChI=1S/C17H28N4O4/c1-9-14-12-6-13-15(9)19(8-25-5)17(21(13)11(3)23)16(18(14)7-24-4)20(12)10(2)22/h9,12-17H,6-8H2,1-5H3. The Morgan fingerprint density at radius 3 is 1.60 bits per heavy atom. The molecule has 140 valence electrons. The first kappa shape index (κ1) is 17.2. The maximum atomic E-state index is 12.6. The Kier molecular flexibility index (Phi) is 4.06. The van der Waals surface area contributed by atoms with Crippen LogP contribution in [0.2, 0.25) is 0 Å². The topological polar surface area (TPSA) is 65.6 Å². The van der Waals surface area contributed by atoms with Gasteiger partial charge in [-0.3, -0.25) is 19.4 Å². The van der Waals surface area contributed by atoms with Crippen molar-refractivity contribution in [2.45, 2.75) is 63.7 Å². The predicted molar refractivity (Wildman–Crippen MR) is 89.0 cm³/mol. The van der Waals surface area contributed by atoms with E-state index < -0.39 is 0 Å². The minimum absolute atomic E-state index is 0.0673. The summed E-state index contributed by atoms with van der Waals surface area (Å²) in [5.74, 6) is 0.450. The molecule has 5 fully saturated rings. The molecular formula is C17H28N4O4. The molecule has 6 bridgehead atoms. The van der Waals surface area contributed by atoms with Gasteiger partial charge >= 0.3 is 0 Å². The zero-order valence-electron chi connectivity index (χ0n) is 15.6. The lowest BCUT2D eigenvalue weighted by Crippen LogP contribution is -2.60. The smallest absolute Gasteiger partial charge is 0.221 e. The van der Waals surface area contributed by atoms with Gasteiger partial charge in [-0.2, -0.15) is 0 Å². The van der Waals surface area contributed by atoms with Crippen LogP contribution in [0.4, 0.5) is 0 Å². The summed E-state index contributed by atoms with van der Waals surface area (Å²) >= 11 is 0. The van der Waals surface area contributed by atoms with Crippen LogP contribution in [0.15, 0.2) is 0 Å². The summed E-state index contributed by atoms with van der Waals surface area (Å²) in [6, 6.07) is 0.804. The Labute approximate surface area is 148 Å². The van der Waals surface area contributed by atoms with E-state index in [4.69, 9.17) is 9.47 Å². The maximum Gasteiger partial charge on any atom is 0.221 e. The van der Waals surface area contributed by atoms with Gasteiger partial charge in [-0.05, 0) is 12.3 Å². The van der Waals surface area contributed by atoms with Crippen molar-refractivity contribution in [2.75, 3.05) is 27.7 Å². The molecule has 1 saturated carbocycles. The van der Waals surface area contributed by atoms with Crippen molar-refractivity contribution >= 4 is 11.8 Å². The lowest BCUT2D eigenvalue weighted by atomic mass is 9.75. The van der Waals surface area contributed by atoms with E-state index in [0.29, 0.717) is 19.4 Å². The molecule has 0 aromatic heterocycles. The van der Waals surface area contributed by atoms with E-state index in [0.717, 1.165) is 6.42 Å². The fraction of sp³-hybridized carbons (Fsp3) is 0.882. The molecule has 0 aromatic rings. The van der Waals surface area contributed by atoms with Gasteiger partial charge in [0.25, 0.3) is 0 Å². The molecule has 25 heavy (non-hydrogen) atoms. The van der Waals surface area contributed by atoms with Crippen LogP contribution in [0.25, 0.3) is 0 Å². The molecule has 5 aliphatic rings. The summed E-state index contributed by atoms with van der Waals surface area (Å²) in [5.41, 5.74) is 0. The largest absolute Gasteiger partial charge is 0.369 e. The second kappa shape index (κ2) is 5.90. The number of nitrogens with zero attached hydrogens (tertiary/aromatic N) is 4. The van der Waals surface area contributed by atoms with Crippen LogP contribution in [-0.4, -0.2) is 95.6 Å². The zero-order chi connectivity index (χ0) is 18.0. The Hall–Kier alpha value is -1.22. The summed E-state index contributed by atoms with van der Waals surface area (Å²) in [6.07, 6.45) is 0.449. The molecule has 6 atom stereocenters. The van der Waals surface area contributed by atoms with E-state index in [1.54, 1.807) is 28.1 Å². The number of rotatable bonds is 4. The monoisotopic (exact) mass is 352 g/mol. The third kappa shape index (κ3) is 2.08. The molecule has 0 N–H and O–H groups in total. The number of ether oxygens (including phenoxy) is 2. The number of methoxy groups -OCH3 is 2. The number of hydrogen-bond acceptors (Lipinski definition) is 6. The third-order valence-electron chi connectivity index (χ3n) is 6.63. The SMILES string of the molecule is COCN1C2C(C)C3C4CC2N(C(C)=O)C1C(N3COC)N4C(C)=O. The highest BCUT2D eigenvalue weighted by Crippen LogP contribution is 2.53. The summed E-state index contributed by atoms with van der Waals surface area (Å²) < 4.78 is 11.0. The summed E-state index contributed by atoms with van der Waals surface area (Å²) in [7, 11) is 3.37. The number of carbonyl (C=O) groups is 2. The van der Waals surface area contributed by atoms with E-state index in [-0.39, 0.29) is 48.3 Å². The molecule has 8 nitrogen and oxygen atoms in total. The lowest BCUT2D eigenvalue weighted by Gasteiger charge is -2.46. The molecule has 4 heterocycles. The second-order valence-corrected chi connectivity index (χ2v) is 7.75. The summed E-state index contributed by atoms with van der Waals surface area (Å²) in [6.45, 7) is 6.43. The van der Waals surface area contributed by atoms with Gasteiger partial charge in [0.1, 0.15) is 25.8 Å². The third-order valence-corrected chi connectivity index (χ3v) is 6.63. The Balaban J connectivity index is 1.88. The van der Waals surface area contributed by atoms with E-state index in [9.17, 15) is 9.59 Å². The number of carbonyl (C=O) groups excluding carboxylic acids is 2. The zero-order valence-corrected chi connectivity index (χ0v) is 15.6. The van der Waals surface area contributed by atoms with Gasteiger partial charge in [0, 0.05) is 40.2 Å². The fourth-order valence-corrected chi connectivity index (χ4v) is 6.19. The van der Waals surface area contributed by atoms with Crippen molar-refractivity contribution in [3.8, 4) is 0 Å². The molecule has 4 aliphatic heterocycles. The van der Waals surface area contributed by atoms with E-state index in [1.165, 1.54) is 0 Å². The number of amides is 2. The van der Waals surface area contributed by atoms with Crippen LogP contribution >= 0.6 is 0 Å². The molecule has 6 unspecified atom stereocenters. The van der Waals surface area contributed by atoms with Crippen LogP contribution in [-0.2, 0) is 19.1 Å². The Morgan fingerprint density at radius 2 is 1.28 bits per heavy atom. The van der Waals surface area contributed by atoms with Gasteiger partial charge in [0.15, 0.2) is 0 Å². The first-order valence-electron chi connectivity index (χ1n) is 9.01. The second-order valence-electron chi connectivity index (χ2n) is 7.75. The van der Waals surface area contributed by atoms with Crippen molar-refractivity contribution in [1.82, 2.24) is 19.6 Å². The Bertz CT molecular complexity index is 539. The molecule has 0 aromatic carbocycles. The first-order chi connectivity index (χ1) is 11.9. The fourth-order valence-electron chi connectivity index (χ4n) is 6.19. The molecule has 0 radical (unpaired) electrons. The molecular weight excluding hydrogens is 324 g/mol. The van der Waals surface area contributed by atoms with Crippen molar-refractivity contribution < 1.29 is 19.1 Å². The van der Waals surface area contributed by atoms with Crippen molar-refractivity contribution in [1.29, 1.82) is 0 Å². The predicted octanol–water partition coefficient (Wildman–Crippen LogP) is -0.298. The van der Waals surface area contributed by atoms with Gasteiger partial charge in [0.2, 0.25) is 11.8 Å². The van der Waals surface area contributed by atoms with E-state index in [2.05, 4.69) is 16.7 Å². The maximum absolute atomic E-state index is 12.6. The normalized spacial score (nSPS) is 42.5. The summed E-state index contributed by atoms with van der Waals surface area (Å²) in [5, 5.41) is 0. The molecule has 5 rings (SSSR count). The van der Waals surface area contributed by atoms with Crippen molar-refractivity contribution in [2.24, 2.45) is 5.92 Å². The lowest BCUT2D eigenvalue weighted by molar-refractivity contribution is -0.146. The molecule has 2 amide bonds. The molecule has 0 spiro atoms. The van der Waals surface area contributed by atoms with Gasteiger partial charge in [-0.1, -0.05) is 6.92 Å². The molecule has 8 heteroatoms. The minimum Gasteiger partial charge on any atom is -0.369 e. The highest BCUT2D eigenvalue weighted by Gasteiger charge is 2.70. The van der Waals surface area contributed by atoms with Crippen LogP contribution in [0.1, 0.15) is 27.2 Å². The van der Waals surface area contributed by atoms with Gasteiger partial charge in [-0.25, -0.2) is 0 Å².